The lowest BCUT2D eigenvalue weighted by Crippen LogP contribution is -2.09. The van der Waals surface area contributed by atoms with Gasteiger partial charge in [0.2, 0.25) is 9.21 Å². The minimum absolute atomic E-state index is 0.378. The van der Waals surface area contributed by atoms with E-state index in [4.69, 9.17) is 17.3 Å². The summed E-state index contributed by atoms with van der Waals surface area (Å²) in [7, 11) is -0.378. The van der Waals surface area contributed by atoms with Gasteiger partial charge in [0.25, 0.3) is 0 Å². The summed E-state index contributed by atoms with van der Waals surface area (Å²) in [5.74, 6) is 0.358. The van der Waals surface area contributed by atoms with E-state index < -0.39 is 0 Å². The molecule has 0 bridgehead atoms. The number of hydrogen-bond acceptors (Lipinski definition) is 1. The van der Waals surface area contributed by atoms with Gasteiger partial charge in [-0.15, -0.1) is 0 Å². The number of carbonyl (C=O) groups excluding carboxylic acids is 1. The fraction of sp³-hybridized carbons (Fsp3) is 0.0833. The summed E-state index contributed by atoms with van der Waals surface area (Å²) >= 11 is 6.08. The third-order valence-electron chi connectivity index (χ3n) is 2.26. The van der Waals surface area contributed by atoms with Crippen molar-refractivity contribution in [3.63, 3.8) is 0 Å². The zero-order valence-corrected chi connectivity index (χ0v) is 10.1. The van der Waals surface area contributed by atoms with E-state index in [9.17, 15) is 4.79 Å². The highest BCUT2D eigenvalue weighted by molar-refractivity contribution is 7.35. The number of thiophene rings is 1. The van der Waals surface area contributed by atoms with Gasteiger partial charge in [0.15, 0.2) is 5.75 Å². The van der Waals surface area contributed by atoms with Crippen LogP contribution < -0.4 is 5.73 Å². The van der Waals surface area contributed by atoms with Gasteiger partial charge in [0, 0.05) is 28.2 Å². The molecule has 16 heavy (non-hydrogen) atoms. The summed E-state index contributed by atoms with van der Waals surface area (Å²) < 4.78 is 0.706. The smallest absolute Gasteiger partial charge is 0.301 e. The average molecular weight is 253 g/mol. The fourth-order valence-electron chi connectivity index (χ4n) is 1.50. The van der Waals surface area contributed by atoms with Gasteiger partial charge in [-0.2, -0.15) is 0 Å². The zero-order valence-electron chi connectivity index (χ0n) is 8.52. The molecule has 1 aromatic carbocycles. The molecule has 1 heterocycles. The van der Waals surface area contributed by atoms with Crippen molar-refractivity contribution in [2.45, 2.75) is 5.75 Å². The molecule has 0 radical (unpaired) electrons. The molecule has 0 spiro atoms. The van der Waals surface area contributed by atoms with Crippen LogP contribution in [0.2, 0.25) is 4.34 Å². The van der Waals surface area contributed by atoms with Gasteiger partial charge in [-0.1, -0.05) is 30.3 Å². The summed E-state index contributed by atoms with van der Waals surface area (Å²) in [6, 6.07) is 13.4. The number of benzene rings is 1. The summed E-state index contributed by atoms with van der Waals surface area (Å²) in [6.45, 7) is 0. The highest BCUT2D eigenvalue weighted by Crippen LogP contribution is 2.37. The first-order chi connectivity index (χ1) is 7.68. The molecule has 2 N–H and O–H groups in total. The van der Waals surface area contributed by atoms with Crippen molar-refractivity contribution < 1.29 is 4.79 Å². The highest BCUT2D eigenvalue weighted by atomic mass is 35.5. The van der Waals surface area contributed by atoms with Gasteiger partial charge in [-0.05, 0) is 11.6 Å². The first kappa shape index (κ1) is 11.2. The Labute approximate surface area is 102 Å². The van der Waals surface area contributed by atoms with Crippen LogP contribution in [0, 0.1) is 0 Å². The first-order valence-corrected chi connectivity index (χ1v) is 6.58. The second kappa shape index (κ2) is 4.68. The molecule has 2 aromatic rings. The predicted molar refractivity (Wildman–Crippen MR) is 68.0 cm³/mol. The lowest BCUT2D eigenvalue weighted by molar-refractivity contribution is 0.100. The van der Waals surface area contributed by atoms with Gasteiger partial charge >= 0.3 is 5.91 Å². The predicted octanol–water partition coefficient (Wildman–Crippen LogP) is 3.24. The first-order valence-electron chi connectivity index (χ1n) is 4.80. The van der Waals surface area contributed by atoms with Gasteiger partial charge in [0.1, 0.15) is 0 Å². The normalized spacial score (nSPS) is 11.4. The van der Waals surface area contributed by atoms with Crippen LogP contribution in [0.5, 0.6) is 0 Å². The van der Waals surface area contributed by atoms with Crippen molar-refractivity contribution in [1.82, 2.24) is 0 Å². The van der Waals surface area contributed by atoms with E-state index in [0.29, 0.717) is 9.21 Å². The molecule has 4 heteroatoms. The standard InChI is InChI=1S/C12H10ClNOS/c13-11-7-6-10(12(14)15)16(11)8-9-4-2-1-3-5-9/h1-7H,8H2,(H-,14,15)/p+1. The van der Waals surface area contributed by atoms with E-state index in [1.165, 1.54) is 0 Å². The summed E-state index contributed by atoms with van der Waals surface area (Å²) in [6.07, 6.45) is 0. The molecule has 0 aliphatic rings. The van der Waals surface area contributed by atoms with Crippen LogP contribution in [0.3, 0.4) is 0 Å². The fourth-order valence-corrected chi connectivity index (χ4v) is 3.71. The third kappa shape index (κ3) is 2.26. The highest BCUT2D eigenvalue weighted by Gasteiger charge is 2.23. The summed E-state index contributed by atoms with van der Waals surface area (Å²) in [5.41, 5.74) is 6.47. The van der Waals surface area contributed by atoms with E-state index in [0.717, 1.165) is 11.3 Å². The summed E-state index contributed by atoms with van der Waals surface area (Å²) in [5, 5.41) is 0. The van der Waals surface area contributed by atoms with Crippen molar-refractivity contribution in [2.24, 2.45) is 5.73 Å². The van der Waals surface area contributed by atoms with E-state index >= 15 is 0 Å². The van der Waals surface area contributed by atoms with E-state index in [-0.39, 0.29) is 16.4 Å². The molecule has 0 saturated heterocycles. The molecule has 82 valence electrons. The minimum atomic E-state index is -0.383. The number of carbonyl (C=O) groups is 1. The molecular weight excluding hydrogens is 242 g/mol. The monoisotopic (exact) mass is 252 g/mol. The topological polar surface area (TPSA) is 43.1 Å². The maximum Gasteiger partial charge on any atom is 0.301 e. The zero-order chi connectivity index (χ0) is 11.5. The second-order valence-corrected chi connectivity index (χ2v) is 5.97. The number of halogens is 1. The Morgan fingerprint density at radius 3 is 2.50 bits per heavy atom. The quantitative estimate of drug-likeness (QED) is 0.838. The average Bonchev–Trinajstić information content (AvgIpc) is 2.62. The van der Waals surface area contributed by atoms with Crippen LogP contribution in [-0.2, 0) is 5.75 Å². The van der Waals surface area contributed by atoms with Crippen LogP contribution in [0.15, 0.2) is 42.5 Å². The maximum absolute atomic E-state index is 11.2. The van der Waals surface area contributed by atoms with Gasteiger partial charge in [0.05, 0.1) is 0 Å². The molecule has 2 rings (SSSR count). The Hall–Kier alpha value is -1.32. The van der Waals surface area contributed by atoms with Crippen molar-refractivity contribution in [3.8, 4) is 0 Å². The van der Waals surface area contributed by atoms with E-state index in [1.807, 2.05) is 30.3 Å². The van der Waals surface area contributed by atoms with Crippen LogP contribution >= 0.6 is 22.1 Å². The van der Waals surface area contributed by atoms with E-state index in [2.05, 4.69) is 0 Å². The Morgan fingerprint density at radius 2 is 1.88 bits per heavy atom. The molecular formula is C12H11ClNOS+. The van der Waals surface area contributed by atoms with Gasteiger partial charge in [-0.3, -0.25) is 4.79 Å². The molecule has 0 aliphatic carbocycles. The Morgan fingerprint density at radius 1 is 1.19 bits per heavy atom. The molecule has 0 saturated carbocycles. The van der Waals surface area contributed by atoms with Crippen LogP contribution in [0.4, 0.5) is 0 Å². The molecule has 2 nitrogen and oxygen atoms in total. The third-order valence-corrected chi connectivity index (χ3v) is 5.05. The SMILES string of the molecule is NC(=O)c1ccc(Cl)[s+]1Cc1ccccc1. The number of primary amides is 1. The molecule has 1 atom stereocenters. The number of nitrogens with two attached hydrogens (primary N) is 1. The molecule has 1 amide bonds. The van der Waals surface area contributed by atoms with Crippen molar-refractivity contribution in [3.05, 3.63) is 57.2 Å². The second-order valence-electron chi connectivity index (χ2n) is 3.39. The summed E-state index contributed by atoms with van der Waals surface area (Å²) in [4.78, 5) is 11.8. The van der Waals surface area contributed by atoms with Crippen LogP contribution in [0.25, 0.3) is 0 Å². The van der Waals surface area contributed by atoms with Gasteiger partial charge in [-0.25, -0.2) is 0 Å². The number of rotatable bonds is 3. The lowest BCUT2D eigenvalue weighted by Gasteiger charge is -1.95. The van der Waals surface area contributed by atoms with Crippen molar-refractivity contribution in [2.75, 3.05) is 0 Å². The van der Waals surface area contributed by atoms with Crippen molar-refractivity contribution >= 4 is 28.0 Å². The van der Waals surface area contributed by atoms with Crippen molar-refractivity contribution in [1.29, 1.82) is 0 Å². The maximum atomic E-state index is 11.2. The Bertz CT molecular complexity index is 507. The largest absolute Gasteiger partial charge is 0.361 e. The molecule has 0 aliphatic heterocycles. The lowest BCUT2D eigenvalue weighted by atomic mass is 10.2. The number of amides is 1. The van der Waals surface area contributed by atoms with Crippen LogP contribution in [0.1, 0.15) is 15.2 Å². The Balaban J connectivity index is 2.34. The van der Waals surface area contributed by atoms with Crippen LogP contribution in [-0.4, -0.2) is 5.91 Å². The number of hydrogen-bond donors (Lipinski definition) is 1. The molecule has 1 aromatic heterocycles. The Kier molecular flexibility index (Phi) is 3.27. The molecule has 0 fully saturated rings. The molecule has 1 unspecified atom stereocenters. The minimum Gasteiger partial charge on any atom is -0.361 e. The van der Waals surface area contributed by atoms with E-state index in [1.54, 1.807) is 12.1 Å². The van der Waals surface area contributed by atoms with Gasteiger partial charge < -0.3 is 5.73 Å².